The molecule has 0 spiro atoms. The van der Waals surface area contributed by atoms with Crippen LogP contribution in [0, 0.1) is 5.82 Å². The minimum atomic E-state index is -0.455. The Labute approximate surface area is 163 Å². The SMILES string of the molecule is CC.Fc1c(Br)cc(Cl)cc1Nc1ncnc2cc3c(cc12)OCCO3. The lowest BCUT2D eigenvalue weighted by atomic mass is 10.2. The number of fused-ring (bicyclic) bond motifs is 2. The van der Waals surface area contributed by atoms with Crippen LogP contribution in [0.4, 0.5) is 15.9 Å². The predicted molar refractivity (Wildman–Crippen MR) is 104 cm³/mol. The Kier molecular flexibility index (Phi) is 5.78. The smallest absolute Gasteiger partial charge is 0.163 e. The van der Waals surface area contributed by atoms with Gasteiger partial charge in [0.15, 0.2) is 17.3 Å². The largest absolute Gasteiger partial charge is 0.486 e. The molecule has 0 bridgehead atoms. The van der Waals surface area contributed by atoms with Crippen molar-refractivity contribution in [2.75, 3.05) is 18.5 Å². The van der Waals surface area contributed by atoms with Gasteiger partial charge in [0.2, 0.25) is 0 Å². The van der Waals surface area contributed by atoms with Crippen molar-refractivity contribution in [1.82, 2.24) is 9.97 Å². The molecule has 0 amide bonds. The Morgan fingerprint density at radius 1 is 1.08 bits per heavy atom. The third-order valence-electron chi connectivity index (χ3n) is 3.55. The van der Waals surface area contributed by atoms with Gasteiger partial charge in [-0.15, -0.1) is 0 Å². The maximum atomic E-state index is 14.3. The number of anilines is 2. The van der Waals surface area contributed by atoms with Gasteiger partial charge in [-0.2, -0.15) is 0 Å². The second-order valence-electron chi connectivity index (χ2n) is 5.11. The molecule has 0 atom stereocenters. The van der Waals surface area contributed by atoms with Gasteiger partial charge in [-0.25, -0.2) is 14.4 Å². The average molecular weight is 441 g/mol. The van der Waals surface area contributed by atoms with Crippen molar-refractivity contribution < 1.29 is 13.9 Å². The highest BCUT2D eigenvalue weighted by atomic mass is 79.9. The van der Waals surface area contributed by atoms with Gasteiger partial charge in [0, 0.05) is 16.5 Å². The van der Waals surface area contributed by atoms with Crippen molar-refractivity contribution in [1.29, 1.82) is 0 Å². The van der Waals surface area contributed by atoms with Crippen molar-refractivity contribution in [3.05, 3.63) is 45.9 Å². The molecule has 0 unspecified atom stereocenters. The summed E-state index contributed by atoms with van der Waals surface area (Å²) in [4.78, 5) is 8.44. The number of halogens is 3. The van der Waals surface area contributed by atoms with Crippen molar-refractivity contribution in [3.63, 3.8) is 0 Å². The minimum Gasteiger partial charge on any atom is -0.486 e. The number of benzene rings is 2. The van der Waals surface area contributed by atoms with Crippen LogP contribution in [0.15, 0.2) is 35.1 Å². The summed E-state index contributed by atoms with van der Waals surface area (Å²) in [5, 5.41) is 4.06. The highest BCUT2D eigenvalue weighted by molar-refractivity contribution is 9.10. The number of rotatable bonds is 2. The summed E-state index contributed by atoms with van der Waals surface area (Å²) in [6.07, 6.45) is 1.40. The summed E-state index contributed by atoms with van der Waals surface area (Å²) in [7, 11) is 0. The highest BCUT2D eigenvalue weighted by Crippen LogP contribution is 2.37. The molecule has 0 radical (unpaired) electrons. The third-order valence-corrected chi connectivity index (χ3v) is 4.34. The quantitative estimate of drug-likeness (QED) is 0.516. The molecule has 4 rings (SSSR count). The first-order valence-corrected chi connectivity index (χ1v) is 9.25. The lowest BCUT2D eigenvalue weighted by molar-refractivity contribution is 0.172. The van der Waals surface area contributed by atoms with Gasteiger partial charge in [-0.1, -0.05) is 25.4 Å². The van der Waals surface area contributed by atoms with Crippen LogP contribution in [0.3, 0.4) is 0 Å². The lowest BCUT2D eigenvalue weighted by Crippen LogP contribution is -2.15. The van der Waals surface area contributed by atoms with Crippen LogP contribution in [0.1, 0.15) is 13.8 Å². The van der Waals surface area contributed by atoms with Gasteiger partial charge >= 0.3 is 0 Å². The molecule has 1 aliphatic rings. The highest BCUT2D eigenvalue weighted by Gasteiger charge is 2.16. The third kappa shape index (κ3) is 3.68. The van der Waals surface area contributed by atoms with Gasteiger partial charge in [-0.3, -0.25) is 0 Å². The summed E-state index contributed by atoms with van der Waals surface area (Å²) >= 11 is 9.14. The normalized spacial score (nSPS) is 12.3. The van der Waals surface area contributed by atoms with Crippen LogP contribution >= 0.6 is 27.5 Å². The van der Waals surface area contributed by atoms with E-state index >= 15 is 0 Å². The average Bonchev–Trinajstić information content (AvgIpc) is 2.66. The fourth-order valence-electron chi connectivity index (χ4n) is 2.47. The standard InChI is InChI=1S/C16H10BrClFN3O2.C2H6/c17-10-3-8(18)4-12(15(10)19)22-16-9-5-13-14(24-2-1-23-13)6-11(9)20-7-21-16;1-2/h3-7H,1-2H2,(H,20,21,22);1-2H3. The molecule has 1 aliphatic heterocycles. The molecule has 8 heteroatoms. The van der Waals surface area contributed by atoms with E-state index in [4.69, 9.17) is 21.1 Å². The second-order valence-corrected chi connectivity index (χ2v) is 6.40. The van der Waals surface area contributed by atoms with E-state index in [-0.39, 0.29) is 10.2 Å². The monoisotopic (exact) mass is 439 g/mol. The fourth-order valence-corrected chi connectivity index (χ4v) is 3.28. The van der Waals surface area contributed by atoms with Gasteiger partial charge in [-0.05, 0) is 34.1 Å². The Morgan fingerprint density at radius 3 is 2.50 bits per heavy atom. The summed E-state index contributed by atoms with van der Waals surface area (Å²) in [5.41, 5.74) is 0.877. The Balaban J connectivity index is 0.000000948. The molecule has 0 fully saturated rings. The zero-order valence-corrected chi connectivity index (χ0v) is 16.5. The maximum absolute atomic E-state index is 14.3. The van der Waals surface area contributed by atoms with Gasteiger partial charge in [0.05, 0.1) is 15.7 Å². The maximum Gasteiger partial charge on any atom is 0.163 e. The Morgan fingerprint density at radius 2 is 1.77 bits per heavy atom. The molecule has 1 N–H and O–H groups in total. The summed E-state index contributed by atoms with van der Waals surface area (Å²) in [6.45, 7) is 4.97. The molecular formula is C18H16BrClFN3O2. The molecule has 0 aliphatic carbocycles. The molecule has 5 nitrogen and oxygen atoms in total. The summed E-state index contributed by atoms with van der Waals surface area (Å²) < 4.78 is 25.7. The summed E-state index contributed by atoms with van der Waals surface area (Å²) in [6, 6.07) is 6.54. The van der Waals surface area contributed by atoms with E-state index in [1.807, 2.05) is 13.8 Å². The van der Waals surface area contributed by atoms with Crippen LogP contribution in [-0.2, 0) is 0 Å². The predicted octanol–water partition coefficient (Wildman–Crippen LogP) is 5.73. The fraction of sp³-hybridized carbons (Fsp3) is 0.222. The Hall–Kier alpha value is -2.12. The van der Waals surface area contributed by atoms with Crippen molar-refractivity contribution in [2.45, 2.75) is 13.8 Å². The minimum absolute atomic E-state index is 0.212. The first-order valence-electron chi connectivity index (χ1n) is 8.08. The van der Waals surface area contributed by atoms with Crippen LogP contribution in [0.25, 0.3) is 10.9 Å². The van der Waals surface area contributed by atoms with Gasteiger partial charge in [0.25, 0.3) is 0 Å². The number of hydrogen-bond donors (Lipinski definition) is 1. The van der Waals surface area contributed by atoms with E-state index < -0.39 is 5.82 Å². The van der Waals surface area contributed by atoms with E-state index in [1.54, 1.807) is 12.1 Å². The number of aromatic nitrogens is 2. The first-order chi connectivity index (χ1) is 12.6. The van der Waals surface area contributed by atoms with Crippen LogP contribution in [-0.4, -0.2) is 23.2 Å². The van der Waals surface area contributed by atoms with Crippen molar-refractivity contribution in [3.8, 4) is 11.5 Å². The number of hydrogen-bond acceptors (Lipinski definition) is 5. The molecule has 1 aromatic heterocycles. The molecule has 0 saturated heterocycles. The zero-order valence-electron chi connectivity index (χ0n) is 14.1. The van der Waals surface area contributed by atoms with Crippen LogP contribution in [0.5, 0.6) is 11.5 Å². The number of nitrogens with one attached hydrogen (secondary N) is 1. The van der Waals surface area contributed by atoms with Crippen LogP contribution < -0.4 is 14.8 Å². The molecule has 2 aromatic carbocycles. The van der Waals surface area contributed by atoms with E-state index in [0.29, 0.717) is 46.5 Å². The topological polar surface area (TPSA) is 56.3 Å². The van der Waals surface area contributed by atoms with Crippen molar-refractivity contribution >= 4 is 49.9 Å². The number of nitrogens with zero attached hydrogens (tertiary/aromatic N) is 2. The van der Waals surface area contributed by atoms with E-state index in [9.17, 15) is 4.39 Å². The Bertz CT molecular complexity index is 955. The molecular weight excluding hydrogens is 425 g/mol. The molecule has 0 saturated carbocycles. The number of ether oxygens (including phenoxy) is 2. The second kappa shape index (κ2) is 8.05. The van der Waals surface area contributed by atoms with E-state index in [1.165, 1.54) is 18.5 Å². The van der Waals surface area contributed by atoms with Crippen molar-refractivity contribution in [2.24, 2.45) is 0 Å². The molecule has 2 heterocycles. The van der Waals surface area contributed by atoms with Gasteiger partial charge < -0.3 is 14.8 Å². The zero-order chi connectivity index (χ0) is 18.7. The first kappa shape index (κ1) is 18.7. The molecule has 136 valence electrons. The van der Waals surface area contributed by atoms with Gasteiger partial charge in [0.1, 0.15) is 25.4 Å². The van der Waals surface area contributed by atoms with Crippen LogP contribution in [0.2, 0.25) is 5.02 Å². The lowest BCUT2D eigenvalue weighted by Gasteiger charge is -2.19. The van der Waals surface area contributed by atoms with E-state index in [0.717, 1.165) is 0 Å². The molecule has 3 aromatic rings. The summed E-state index contributed by atoms with van der Waals surface area (Å²) in [5.74, 6) is 1.24. The van der Waals surface area contributed by atoms with E-state index in [2.05, 4.69) is 31.2 Å². The molecule has 26 heavy (non-hydrogen) atoms.